The molecule has 3 aromatic heterocycles. The van der Waals surface area contributed by atoms with Gasteiger partial charge in [0.15, 0.2) is 5.65 Å². The van der Waals surface area contributed by atoms with Crippen LogP contribution in [0.5, 0.6) is 0 Å². The highest BCUT2D eigenvalue weighted by atomic mass is 35.5. The molecule has 0 aliphatic rings. The highest BCUT2D eigenvalue weighted by Crippen LogP contribution is 2.34. The number of aromatic nitrogens is 4. The van der Waals surface area contributed by atoms with Crippen molar-refractivity contribution in [2.24, 2.45) is 0 Å². The maximum absolute atomic E-state index is 12.9. The van der Waals surface area contributed by atoms with E-state index in [1.165, 1.54) is 18.6 Å². The van der Waals surface area contributed by atoms with E-state index in [1.54, 1.807) is 30.3 Å². The molecule has 0 unspecified atom stereocenters. The monoisotopic (exact) mass is 344 g/mol. The lowest BCUT2D eigenvalue weighted by Crippen LogP contribution is -2.01. The Morgan fingerprint density at radius 2 is 1.70 bits per heavy atom. The topological polar surface area (TPSA) is 88.6 Å². The van der Waals surface area contributed by atoms with Gasteiger partial charge in [-0.15, -0.1) is 0 Å². The smallest absolute Gasteiger partial charge is 0.208 e. The number of fused-ring (bicyclic) bond motifs is 3. The Balaban J connectivity index is 2.14. The fraction of sp³-hybridized carbons (Fsp3) is 0. The first-order valence-electron chi connectivity index (χ1n) is 6.65. The summed E-state index contributed by atoms with van der Waals surface area (Å²) in [5, 5.41) is 7.93. The molecule has 8 heteroatoms. The molecule has 4 aromatic rings. The van der Waals surface area contributed by atoms with E-state index in [0.717, 1.165) is 0 Å². The molecule has 4 rings (SSSR count). The van der Waals surface area contributed by atoms with E-state index in [1.807, 2.05) is 0 Å². The van der Waals surface area contributed by atoms with Crippen molar-refractivity contribution >= 4 is 43.4 Å². The van der Waals surface area contributed by atoms with Crippen LogP contribution in [-0.4, -0.2) is 28.6 Å². The van der Waals surface area contributed by atoms with Gasteiger partial charge in [0.05, 0.1) is 33.2 Å². The maximum atomic E-state index is 12.9. The zero-order chi connectivity index (χ0) is 16.0. The molecule has 0 saturated carbocycles. The van der Waals surface area contributed by atoms with Gasteiger partial charge < -0.3 is 0 Å². The van der Waals surface area contributed by atoms with Crippen LogP contribution in [-0.2, 0) is 9.84 Å². The largest absolute Gasteiger partial charge is 0.276 e. The fourth-order valence-electron chi connectivity index (χ4n) is 2.50. The molecule has 0 aliphatic carbocycles. The number of sulfone groups is 1. The van der Waals surface area contributed by atoms with Gasteiger partial charge in [-0.25, -0.2) is 18.4 Å². The first-order chi connectivity index (χ1) is 11.1. The second kappa shape index (κ2) is 5.00. The molecule has 0 aliphatic heterocycles. The first-order valence-corrected chi connectivity index (χ1v) is 8.51. The van der Waals surface area contributed by atoms with Crippen molar-refractivity contribution in [2.75, 3.05) is 0 Å². The van der Waals surface area contributed by atoms with Crippen LogP contribution in [0, 0.1) is 0 Å². The average Bonchev–Trinajstić information content (AvgIpc) is 3.00. The summed E-state index contributed by atoms with van der Waals surface area (Å²) in [6, 6.07) is 8.19. The molecule has 23 heavy (non-hydrogen) atoms. The third kappa shape index (κ3) is 2.08. The molecule has 0 saturated heterocycles. The van der Waals surface area contributed by atoms with Gasteiger partial charge >= 0.3 is 0 Å². The molecule has 0 fully saturated rings. The van der Waals surface area contributed by atoms with Crippen molar-refractivity contribution in [1.82, 2.24) is 20.2 Å². The van der Waals surface area contributed by atoms with Crippen molar-refractivity contribution < 1.29 is 8.42 Å². The number of benzene rings is 1. The average molecular weight is 345 g/mol. The Morgan fingerprint density at radius 3 is 2.48 bits per heavy atom. The van der Waals surface area contributed by atoms with E-state index in [4.69, 9.17) is 11.6 Å². The van der Waals surface area contributed by atoms with E-state index in [2.05, 4.69) is 20.2 Å². The molecule has 114 valence electrons. The SMILES string of the molecule is O=S(=O)(c1ccccc1)c1cnc2ncc3[nH]ncc(Cl)c3c12. The predicted molar refractivity (Wildman–Crippen MR) is 86.1 cm³/mol. The minimum Gasteiger partial charge on any atom is -0.276 e. The summed E-state index contributed by atoms with van der Waals surface area (Å²) in [5.74, 6) is 0. The summed E-state index contributed by atoms with van der Waals surface area (Å²) < 4.78 is 25.9. The molecule has 0 radical (unpaired) electrons. The second-order valence-corrected chi connectivity index (χ2v) is 7.23. The third-order valence-corrected chi connectivity index (χ3v) is 5.62. The molecular weight excluding hydrogens is 336 g/mol. The fourth-order valence-corrected chi connectivity index (χ4v) is 4.17. The lowest BCUT2D eigenvalue weighted by atomic mass is 10.2. The van der Waals surface area contributed by atoms with Gasteiger partial charge in [-0.05, 0) is 12.1 Å². The first kappa shape index (κ1) is 14.1. The Bertz CT molecular complexity index is 1140. The number of nitrogens with one attached hydrogen (secondary N) is 1. The van der Waals surface area contributed by atoms with Crippen LogP contribution in [0.25, 0.3) is 21.9 Å². The molecule has 0 amide bonds. The maximum Gasteiger partial charge on any atom is 0.208 e. The Morgan fingerprint density at radius 1 is 0.957 bits per heavy atom. The summed E-state index contributed by atoms with van der Waals surface area (Å²) in [5.41, 5.74) is 0.871. The van der Waals surface area contributed by atoms with Crippen molar-refractivity contribution in [3.8, 4) is 0 Å². The number of rotatable bonds is 2. The summed E-state index contributed by atoms with van der Waals surface area (Å²) in [4.78, 5) is 8.57. The molecule has 1 aromatic carbocycles. The van der Waals surface area contributed by atoms with Gasteiger partial charge in [0.25, 0.3) is 0 Å². The van der Waals surface area contributed by atoms with E-state index < -0.39 is 9.84 Å². The summed E-state index contributed by atoms with van der Waals surface area (Å²) in [6.07, 6.45) is 4.27. The van der Waals surface area contributed by atoms with Gasteiger partial charge in [0, 0.05) is 11.6 Å². The summed E-state index contributed by atoms with van der Waals surface area (Å²) in [6.45, 7) is 0. The molecular formula is C15H9ClN4O2S. The molecule has 1 N–H and O–H groups in total. The zero-order valence-corrected chi connectivity index (χ0v) is 13.1. The van der Waals surface area contributed by atoms with Gasteiger partial charge in [0.1, 0.15) is 4.90 Å². The van der Waals surface area contributed by atoms with Crippen LogP contribution in [0.3, 0.4) is 0 Å². The Hall–Kier alpha value is -2.51. The van der Waals surface area contributed by atoms with Gasteiger partial charge in [-0.2, -0.15) is 5.10 Å². The van der Waals surface area contributed by atoms with E-state index in [-0.39, 0.29) is 9.79 Å². The Labute approximate surface area is 136 Å². The highest BCUT2D eigenvalue weighted by Gasteiger charge is 2.24. The van der Waals surface area contributed by atoms with Crippen molar-refractivity contribution in [3.05, 3.63) is 53.9 Å². The summed E-state index contributed by atoms with van der Waals surface area (Å²) in [7, 11) is -3.73. The zero-order valence-electron chi connectivity index (χ0n) is 11.6. The van der Waals surface area contributed by atoms with Crippen LogP contribution in [0.4, 0.5) is 0 Å². The lowest BCUT2D eigenvalue weighted by Gasteiger charge is -2.05. The van der Waals surface area contributed by atoms with Crippen LogP contribution in [0.15, 0.2) is 58.7 Å². The van der Waals surface area contributed by atoms with Crippen LogP contribution in [0.1, 0.15) is 0 Å². The number of hydrogen-bond acceptors (Lipinski definition) is 5. The second-order valence-electron chi connectivity index (χ2n) is 4.90. The minimum atomic E-state index is -3.73. The molecule has 3 heterocycles. The molecule has 6 nitrogen and oxygen atoms in total. The third-order valence-electron chi connectivity index (χ3n) is 3.55. The molecule has 0 spiro atoms. The van der Waals surface area contributed by atoms with Gasteiger partial charge in [0.2, 0.25) is 9.84 Å². The molecule has 0 bridgehead atoms. The van der Waals surface area contributed by atoms with Crippen LogP contribution >= 0.6 is 11.6 Å². The van der Waals surface area contributed by atoms with Crippen molar-refractivity contribution in [2.45, 2.75) is 9.79 Å². The van der Waals surface area contributed by atoms with Crippen LogP contribution in [0.2, 0.25) is 5.02 Å². The lowest BCUT2D eigenvalue weighted by molar-refractivity contribution is 0.597. The van der Waals surface area contributed by atoms with Crippen molar-refractivity contribution in [1.29, 1.82) is 0 Å². The number of halogens is 1. The number of nitrogens with zero attached hydrogens (tertiary/aromatic N) is 3. The Kier molecular flexibility index (Phi) is 3.07. The summed E-state index contributed by atoms with van der Waals surface area (Å²) >= 11 is 6.23. The van der Waals surface area contributed by atoms with Crippen LogP contribution < -0.4 is 0 Å². The van der Waals surface area contributed by atoms with Crippen molar-refractivity contribution in [3.63, 3.8) is 0 Å². The number of hydrogen-bond donors (Lipinski definition) is 1. The number of pyridine rings is 1. The highest BCUT2D eigenvalue weighted by molar-refractivity contribution is 7.91. The van der Waals surface area contributed by atoms with Gasteiger partial charge in [-0.3, -0.25) is 5.10 Å². The standard InChI is InChI=1S/C15H9ClN4O2S/c16-10-6-19-20-11-7-17-15-14(13(10)11)12(8-18-15)23(21,22)9-4-2-1-3-5-9/h1-8,20H. The number of aromatic amines is 1. The van der Waals surface area contributed by atoms with E-state index in [0.29, 0.717) is 27.0 Å². The van der Waals surface area contributed by atoms with Gasteiger partial charge in [-0.1, -0.05) is 29.8 Å². The normalized spacial score (nSPS) is 12.0. The predicted octanol–water partition coefficient (Wildman–Crippen LogP) is 2.99. The molecule has 0 atom stereocenters. The van der Waals surface area contributed by atoms with E-state index >= 15 is 0 Å². The van der Waals surface area contributed by atoms with E-state index in [9.17, 15) is 8.42 Å². The quantitative estimate of drug-likeness (QED) is 0.604. The number of H-pyrrole nitrogens is 1. The minimum absolute atomic E-state index is 0.0818.